The molecule has 0 aromatic carbocycles. The van der Waals surface area contributed by atoms with Crippen molar-refractivity contribution >= 4 is 33.2 Å². The Labute approximate surface area is 165 Å². The van der Waals surface area contributed by atoms with E-state index in [4.69, 9.17) is 4.74 Å². The SMILES string of the molecule is Cn1cc(C2CC3(CCN2C(=O)C(F)(F)F)OCCc2cc(Br)sc23)nn1. The van der Waals surface area contributed by atoms with Crippen molar-refractivity contribution in [2.24, 2.45) is 7.05 Å². The quantitative estimate of drug-likeness (QED) is 0.649. The van der Waals surface area contributed by atoms with Crippen molar-refractivity contribution in [2.75, 3.05) is 13.2 Å². The highest BCUT2D eigenvalue weighted by atomic mass is 79.9. The summed E-state index contributed by atoms with van der Waals surface area (Å²) in [5.74, 6) is -1.85. The first-order chi connectivity index (χ1) is 12.7. The van der Waals surface area contributed by atoms with Gasteiger partial charge in [0.2, 0.25) is 0 Å². The first kappa shape index (κ1) is 18.9. The molecule has 6 nitrogen and oxygen atoms in total. The Morgan fingerprint density at radius 1 is 1.48 bits per heavy atom. The summed E-state index contributed by atoms with van der Waals surface area (Å²) in [5.41, 5.74) is 0.765. The van der Waals surface area contributed by atoms with Crippen LogP contribution >= 0.6 is 27.3 Å². The molecule has 2 aliphatic heterocycles. The van der Waals surface area contributed by atoms with Gasteiger partial charge in [0.1, 0.15) is 11.3 Å². The summed E-state index contributed by atoms with van der Waals surface area (Å²) in [4.78, 5) is 13.9. The molecule has 0 saturated carbocycles. The van der Waals surface area contributed by atoms with Crippen LogP contribution in [0.2, 0.25) is 0 Å². The van der Waals surface area contributed by atoms with E-state index in [9.17, 15) is 18.0 Å². The topological polar surface area (TPSA) is 60.2 Å². The molecule has 146 valence electrons. The van der Waals surface area contributed by atoms with E-state index in [1.807, 2.05) is 6.07 Å². The van der Waals surface area contributed by atoms with Crippen LogP contribution < -0.4 is 0 Å². The Kier molecular flexibility index (Phi) is 4.59. The van der Waals surface area contributed by atoms with Gasteiger partial charge in [-0.1, -0.05) is 5.21 Å². The van der Waals surface area contributed by atoms with E-state index >= 15 is 0 Å². The zero-order valence-electron chi connectivity index (χ0n) is 14.3. The van der Waals surface area contributed by atoms with Crippen molar-refractivity contribution < 1.29 is 22.7 Å². The van der Waals surface area contributed by atoms with Gasteiger partial charge in [0.25, 0.3) is 0 Å². The number of amides is 1. The Morgan fingerprint density at radius 3 is 2.93 bits per heavy atom. The first-order valence-electron chi connectivity index (χ1n) is 8.36. The van der Waals surface area contributed by atoms with Gasteiger partial charge >= 0.3 is 12.1 Å². The molecule has 4 rings (SSSR count). The highest BCUT2D eigenvalue weighted by Gasteiger charge is 2.52. The molecule has 1 saturated heterocycles. The highest BCUT2D eigenvalue weighted by Crippen LogP contribution is 2.51. The van der Waals surface area contributed by atoms with Crippen molar-refractivity contribution in [1.29, 1.82) is 0 Å². The fourth-order valence-electron chi connectivity index (χ4n) is 3.90. The van der Waals surface area contributed by atoms with Crippen LogP contribution in [0, 0.1) is 0 Å². The third kappa shape index (κ3) is 3.29. The van der Waals surface area contributed by atoms with E-state index in [0.29, 0.717) is 18.7 Å². The fourth-order valence-corrected chi connectivity index (χ4v) is 5.78. The molecule has 2 aromatic heterocycles. The Morgan fingerprint density at radius 2 is 2.26 bits per heavy atom. The van der Waals surface area contributed by atoms with Gasteiger partial charge < -0.3 is 9.64 Å². The van der Waals surface area contributed by atoms with Crippen molar-refractivity contribution in [3.63, 3.8) is 0 Å². The van der Waals surface area contributed by atoms with Gasteiger partial charge in [-0.25, -0.2) is 0 Å². The Hall–Kier alpha value is -1.46. The minimum Gasteiger partial charge on any atom is -0.369 e. The number of carbonyl (C=O) groups excluding carboxylic acids is 1. The molecule has 4 heterocycles. The standard InChI is InChI=1S/C16H16BrF3N4O2S/c1-23-8-10(21-22-23)11-7-15(3-4-24(11)14(25)16(18,19)20)13-9(2-5-26-15)6-12(17)27-13/h6,8,11H,2-5,7H2,1H3. The molecular weight excluding hydrogens is 449 g/mol. The lowest BCUT2D eigenvalue weighted by atomic mass is 9.80. The number of thiophene rings is 1. The second-order valence-corrected chi connectivity index (χ2v) is 9.21. The number of halogens is 4. The number of hydrogen-bond acceptors (Lipinski definition) is 5. The highest BCUT2D eigenvalue weighted by molar-refractivity contribution is 9.11. The molecule has 0 N–H and O–H groups in total. The second kappa shape index (κ2) is 6.56. The predicted molar refractivity (Wildman–Crippen MR) is 94.1 cm³/mol. The number of aromatic nitrogens is 3. The number of carbonyl (C=O) groups is 1. The minimum atomic E-state index is -4.94. The number of fused-ring (bicyclic) bond motifs is 2. The lowest BCUT2D eigenvalue weighted by Crippen LogP contribution is -2.52. The summed E-state index contributed by atoms with van der Waals surface area (Å²) >= 11 is 5.03. The van der Waals surface area contributed by atoms with Crippen molar-refractivity contribution in [3.8, 4) is 0 Å². The summed E-state index contributed by atoms with van der Waals surface area (Å²) < 4.78 is 47.9. The number of likely N-dealkylation sites (tertiary alicyclic amines) is 1. The number of hydrogen-bond donors (Lipinski definition) is 0. The third-order valence-corrected chi connectivity index (χ3v) is 6.93. The summed E-state index contributed by atoms with van der Waals surface area (Å²) in [6.07, 6.45) is -2.09. The summed E-state index contributed by atoms with van der Waals surface area (Å²) in [5, 5.41) is 7.82. The van der Waals surface area contributed by atoms with Crippen LogP contribution in [0.25, 0.3) is 0 Å². The molecule has 27 heavy (non-hydrogen) atoms. The zero-order valence-corrected chi connectivity index (χ0v) is 16.7. The lowest BCUT2D eigenvalue weighted by molar-refractivity contribution is -0.196. The smallest absolute Gasteiger partial charge is 0.369 e. The summed E-state index contributed by atoms with van der Waals surface area (Å²) in [7, 11) is 1.64. The first-order valence-corrected chi connectivity index (χ1v) is 9.97. The molecule has 0 aliphatic carbocycles. The van der Waals surface area contributed by atoms with Gasteiger partial charge in [-0.15, -0.1) is 16.4 Å². The molecule has 1 spiro atoms. The largest absolute Gasteiger partial charge is 0.471 e. The van der Waals surface area contributed by atoms with Crippen LogP contribution in [0.5, 0.6) is 0 Å². The maximum absolute atomic E-state index is 13.1. The van der Waals surface area contributed by atoms with E-state index in [0.717, 1.165) is 25.5 Å². The number of piperidine rings is 1. The van der Waals surface area contributed by atoms with Crippen LogP contribution in [-0.4, -0.2) is 45.1 Å². The molecule has 1 amide bonds. The van der Waals surface area contributed by atoms with E-state index in [1.165, 1.54) is 16.0 Å². The second-order valence-electron chi connectivity index (χ2n) is 6.78. The number of nitrogens with zero attached hydrogens (tertiary/aromatic N) is 4. The zero-order chi connectivity index (χ0) is 19.4. The number of aryl methyl sites for hydroxylation is 1. The molecule has 0 bridgehead atoms. The van der Waals surface area contributed by atoms with Crippen LogP contribution in [-0.2, 0) is 28.6 Å². The van der Waals surface area contributed by atoms with E-state index in [2.05, 4.69) is 26.2 Å². The molecule has 2 aliphatic rings. The van der Waals surface area contributed by atoms with Gasteiger partial charge in [-0.05, 0) is 40.4 Å². The molecular formula is C16H16BrF3N4O2S. The lowest BCUT2D eigenvalue weighted by Gasteiger charge is -2.47. The number of ether oxygens (including phenoxy) is 1. The third-order valence-electron chi connectivity index (χ3n) is 5.06. The number of rotatable bonds is 1. The molecule has 11 heteroatoms. The molecule has 2 unspecified atom stereocenters. The van der Waals surface area contributed by atoms with Crippen molar-refractivity contribution in [1.82, 2.24) is 19.9 Å². The van der Waals surface area contributed by atoms with Crippen LogP contribution in [0.3, 0.4) is 0 Å². The molecule has 1 fully saturated rings. The normalized spacial score (nSPS) is 25.7. The fraction of sp³-hybridized carbons (Fsp3) is 0.562. The van der Waals surface area contributed by atoms with Gasteiger partial charge in [-0.2, -0.15) is 13.2 Å². The van der Waals surface area contributed by atoms with Crippen LogP contribution in [0.15, 0.2) is 16.0 Å². The predicted octanol–water partition coefficient (Wildman–Crippen LogP) is 3.33. The van der Waals surface area contributed by atoms with E-state index in [1.54, 1.807) is 13.2 Å². The van der Waals surface area contributed by atoms with Gasteiger partial charge in [-0.3, -0.25) is 9.48 Å². The Bertz CT molecular complexity index is 883. The molecule has 0 radical (unpaired) electrons. The van der Waals surface area contributed by atoms with E-state index in [-0.39, 0.29) is 13.0 Å². The average Bonchev–Trinajstić information content (AvgIpc) is 3.19. The summed E-state index contributed by atoms with van der Waals surface area (Å²) in [6.45, 7) is 0.436. The van der Waals surface area contributed by atoms with Crippen LogP contribution in [0.1, 0.15) is 35.0 Å². The minimum absolute atomic E-state index is 0.0610. The Balaban J connectivity index is 1.74. The summed E-state index contributed by atoms with van der Waals surface area (Å²) in [6, 6.07) is 1.18. The maximum atomic E-state index is 13.1. The maximum Gasteiger partial charge on any atom is 0.471 e. The van der Waals surface area contributed by atoms with Crippen molar-refractivity contribution in [2.45, 2.75) is 37.1 Å². The monoisotopic (exact) mass is 464 g/mol. The molecule has 2 atom stereocenters. The molecule has 2 aromatic rings. The van der Waals surface area contributed by atoms with E-state index < -0.39 is 23.7 Å². The van der Waals surface area contributed by atoms with Gasteiger partial charge in [0, 0.05) is 24.9 Å². The van der Waals surface area contributed by atoms with Crippen molar-refractivity contribution in [3.05, 3.63) is 32.2 Å². The average molecular weight is 465 g/mol. The number of alkyl halides is 3. The van der Waals surface area contributed by atoms with Gasteiger partial charge in [0.15, 0.2) is 0 Å². The van der Waals surface area contributed by atoms with Gasteiger partial charge in [0.05, 0.1) is 22.6 Å². The van der Waals surface area contributed by atoms with Crippen LogP contribution in [0.4, 0.5) is 13.2 Å².